The van der Waals surface area contributed by atoms with Crippen molar-refractivity contribution in [2.24, 2.45) is 5.92 Å². The van der Waals surface area contributed by atoms with Gasteiger partial charge in [0.2, 0.25) is 0 Å². The number of hydrogen-bond donors (Lipinski definition) is 1. The number of carbonyl (C=O) groups excluding carboxylic acids is 2. The van der Waals surface area contributed by atoms with Crippen molar-refractivity contribution in [3.05, 3.63) is 59.7 Å². The second-order valence-corrected chi connectivity index (χ2v) is 8.48. The molecule has 2 fully saturated rings. The molecule has 0 saturated carbocycles. The van der Waals surface area contributed by atoms with Crippen LogP contribution in [0, 0.1) is 5.92 Å². The lowest BCUT2D eigenvalue weighted by Crippen LogP contribution is -2.37. The molecule has 2 aromatic carbocycles. The largest absolute Gasteiger partial charge is 0.491 e. The van der Waals surface area contributed by atoms with Gasteiger partial charge in [-0.1, -0.05) is 6.92 Å². The maximum absolute atomic E-state index is 12.6. The van der Waals surface area contributed by atoms with Crippen LogP contribution in [0.4, 0.5) is 5.69 Å². The van der Waals surface area contributed by atoms with Crippen LogP contribution in [0.5, 0.6) is 5.75 Å². The highest BCUT2D eigenvalue weighted by Crippen LogP contribution is 2.20. The molecular weight excluding hydrogens is 392 g/mol. The van der Waals surface area contributed by atoms with Crippen LogP contribution in [-0.4, -0.2) is 49.1 Å². The zero-order valence-electron chi connectivity index (χ0n) is 18.0. The molecule has 0 spiro atoms. The Bertz CT molecular complexity index is 881. The first kappa shape index (κ1) is 21.4. The second kappa shape index (κ2) is 9.96. The molecule has 2 aliphatic rings. The molecule has 0 aromatic heterocycles. The first-order chi connectivity index (χ1) is 15.1. The maximum atomic E-state index is 12.6. The van der Waals surface area contributed by atoms with Gasteiger partial charge in [0.15, 0.2) is 0 Å². The Kier molecular flexibility index (Phi) is 6.87. The van der Waals surface area contributed by atoms with Crippen molar-refractivity contribution >= 4 is 17.5 Å². The number of benzene rings is 2. The summed E-state index contributed by atoms with van der Waals surface area (Å²) >= 11 is 0. The third-order valence-corrected chi connectivity index (χ3v) is 6.04. The quantitative estimate of drug-likeness (QED) is 0.751. The summed E-state index contributed by atoms with van der Waals surface area (Å²) in [5, 5.41) is 2.88. The zero-order chi connectivity index (χ0) is 21.6. The molecule has 1 atom stereocenters. The lowest BCUT2D eigenvalue weighted by molar-refractivity contribution is 0.0679. The minimum absolute atomic E-state index is 0.0587. The molecule has 1 unspecified atom stereocenters. The van der Waals surface area contributed by atoms with Crippen LogP contribution in [0.1, 0.15) is 53.3 Å². The minimum atomic E-state index is -0.199. The molecular formula is C25H30N2O4. The van der Waals surface area contributed by atoms with E-state index in [9.17, 15) is 9.59 Å². The highest BCUT2D eigenvalue weighted by Gasteiger charge is 2.21. The summed E-state index contributed by atoms with van der Waals surface area (Å²) in [6.45, 7) is 5.19. The molecule has 0 aliphatic carbocycles. The van der Waals surface area contributed by atoms with Crippen molar-refractivity contribution in [2.75, 3.05) is 31.6 Å². The van der Waals surface area contributed by atoms with Crippen molar-refractivity contribution in [1.29, 1.82) is 0 Å². The smallest absolute Gasteiger partial charge is 0.255 e. The third-order valence-electron chi connectivity index (χ3n) is 6.04. The number of hydrogen-bond acceptors (Lipinski definition) is 4. The molecule has 2 amide bonds. The Morgan fingerprint density at radius 3 is 2.32 bits per heavy atom. The molecule has 31 heavy (non-hydrogen) atoms. The Labute approximate surface area is 183 Å². The lowest BCUT2D eigenvalue weighted by Gasteiger charge is -2.30. The van der Waals surface area contributed by atoms with Crippen molar-refractivity contribution in [1.82, 2.24) is 4.90 Å². The number of nitrogens with zero attached hydrogens (tertiary/aromatic N) is 1. The molecule has 1 N–H and O–H groups in total. The highest BCUT2D eigenvalue weighted by atomic mass is 16.5. The van der Waals surface area contributed by atoms with E-state index in [2.05, 4.69) is 12.2 Å². The van der Waals surface area contributed by atoms with Gasteiger partial charge >= 0.3 is 0 Å². The molecule has 6 nitrogen and oxygen atoms in total. The molecule has 2 aromatic rings. The lowest BCUT2D eigenvalue weighted by atomic mass is 9.98. The summed E-state index contributed by atoms with van der Waals surface area (Å²) in [6, 6.07) is 14.2. The van der Waals surface area contributed by atoms with E-state index in [4.69, 9.17) is 9.47 Å². The van der Waals surface area contributed by atoms with Crippen molar-refractivity contribution < 1.29 is 19.1 Å². The van der Waals surface area contributed by atoms with Gasteiger partial charge in [-0.05, 0) is 80.1 Å². The van der Waals surface area contributed by atoms with Gasteiger partial charge < -0.3 is 19.7 Å². The van der Waals surface area contributed by atoms with Gasteiger partial charge in [0.1, 0.15) is 12.4 Å². The molecule has 2 heterocycles. The SMILES string of the molecule is CC1CCN(C(=O)c2ccc(NC(=O)c3ccc(OCC4CCCO4)cc3)cc2)CC1. The van der Waals surface area contributed by atoms with Gasteiger partial charge in [-0.2, -0.15) is 0 Å². The fourth-order valence-electron chi connectivity index (χ4n) is 3.96. The van der Waals surface area contributed by atoms with E-state index in [1.807, 2.05) is 4.90 Å². The zero-order valence-corrected chi connectivity index (χ0v) is 18.0. The number of amides is 2. The van der Waals surface area contributed by atoms with Crippen LogP contribution in [0.25, 0.3) is 0 Å². The third kappa shape index (κ3) is 5.64. The molecule has 2 saturated heterocycles. The summed E-state index contributed by atoms with van der Waals surface area (Å²) in [7, 11) is 0. The number of nitrogens with one attached hydrogen (secondary N) is 1. The summed E-state index contributed by atoms with van der Waals surface area (Å²) in [5.41, 5.74) is 1.86. The van der Waals surface area contributed by atoms with Crippen LogP contribution in [0.15, 0.2) is 48.5 Å². The van der Waals surface area contributed by atoms with Gasteiger partial charge in [-0.3, -0.25) is 9.59 Å². The molecule has 4 rings (SSSR count). The average Bonchev–Trinajstić information content (AvgIpc) is 3.32. The van der Waals surface area contributed by atoms with Crippen molar-refractivity contribution in [2.45, 2.75) is 38.7 Å². The fourth-order valence-corrected chi connectivity index (χ4v) is 3.96. The van der Waals surface area contributed by atoms with Crippen LogP contribution < -0.4 is 10.1 Å². The number of rotatable bonds is 6. The monoisotopic (exact) mass is 422 g/mol. The Balaban J connectivity index is 1.29. The summed E-state index contributed by atoms with van der Waals surface area (Å²) in [5.74, 6) is 1.27. The van der Waals surface area contributed by atoms with Gasteiger partial charge in [0.25, 0.3) is 11.8 Å². The predicted molar refractivity (Wildman–Crippen MR) is 120 cm³/mol. The number of piperidine rings is 1. The number of carbonyl (C=O) groups is 2. The topological polar surface area (TPSA) is 67.9 Å². The number of ether oxygens (including phenoxy) is 2. The van der Waals surface area contributed by atoms with Crippen LogP contribution >= 0.6 is 0 Å². The van der Waals surface area contributed by atoms with Gasteiger partial charge in [0.05, 0.1) is 6.10 Å². The highest BCUT2D eigenvalue weighted by molar-refractivity contribution is 6.04. The first-order valence-corrected chi connectivity index (χ1v) is 11.1. The molecule has 2 aliphatic heterocycles. The van der Waals surface area contributed by atoms with Gasteiger partial charge in [-0.15, -0.1) is 0 Å². The van der Waals surface area contributed by atoms with Crippen molar-refractivity contribution in [3.8, 4) is 5.75 Å². The first-order valence-electron chi connectivity index (χ1n) is 11.1. The number of anilines is 1. The van der Waals surface area contributed by atoms with Crippen LogP contribution in [-0.2, 0) is 4.74 Å². The normalized spacial score (nSPS) is 19.3. The van der Waals surface area contributed by atoms with Crippen LogP contribution in [0.2, 0.25) is 0 Å². The molecule has 6 heteroatoms. The van der Waals surface area contributed by atoms with E-state index in [-0.39, 0.29) is 17.9 Å². The van der Waals surface area contributed by atoms with Gasteiger partial charge in [-0.25, -0.2) is 0 Å². The minimum Gasteiger partial charge on any atom is -0.491 e. The van der Waals surface area contributed by atoms with E-state index >= 15 is 0 Å². The van der Waals surface area contributed by atoms with E-state index in [1.165, 1.54) is 0 Å². The van der Waals surface area contributed by atoms with Gasteiger partial charge in [0, 0.05) is 36.5 Å². The van der Waals surface area contributed by atoms with E-state index in [0.717, 1.165) is 51.1 Å². The van der Waals surface area contributed by atoms with E-state index in [1.54, 1.807) is 48.5 Å². The Morgan fingerprint density at radius 2 is 1.68 bits per heavy atom. The maximum Gasteiger partial charge on any atom is 0.255 e. The Hall–Kier alpha value is -2.86. The summed E-state index contributed by atoms with van der Waals surface area (Å²) < 4.78 is 11.3. The Morgan fingerprint density at radius 1 is 1.00 bits per heavy atom. The predicted octanol–water partition coefficient (Wildman–Crippen LogP) is 4.37. The van der Waals surface area contributed by atoms with E-state index in [0.29, 0.717) is 29.3 Å². The second-order valence-electron chi connectivity index (χ2n) is 8.48. The molecule has 164 valence electrons. The fraction of sp³-hybridized carbons (Fsp3) is 0.440. The van der Waals surface area contributed by atoms with Crippen LogP contribution in [0.3, 0.4) is 0 Å². The number of likely N-dealkylation sites (tertiary alicyclic amines) is 1. The molecule has 0 radical (unpaired) electrons. The standard InChI is InChI=1S/C25H30N2O4/c1-18-12-14-27(15-13-18)25(29)20-4-8-21(9-5-20)26-24(28)19-6-10-22(11-7-19)31-17-23-3-2-16-30-23/h4-11,18,23H,2-3,12-17H2,1H3,(H,26,28). The average molecular weight is 423 g/mol. The summed E-state index contributed by atoms with van der Waals surface area (Å²) in [4.78, 5) is 27.1. The summed E-state index contributed by atoms with van der Waals surface area (Å²) in [6.07, 6.45) is 4.38. The molecule has 0 bridgehead atoms. The van der Waals surface area contributed by atoms with Crippen molar-refractivity contribution in [3.63, 3.8) is 0 Å². The van der Waals surface area contributed by atoms with E-state index < -0.39 is 0 Å².